The SMILES string of the molecule is O=C(C[C@H]1C=CCC1)N1CCCN(S(=O)(=O)c2ccc(F)cc2)CC1. The maximum absolute atomic E-state index is 13.0. The number of carbonyl (C=O) groups excluding carboxylic acids is 1. The molecule has 1 aromatic carbocycles. The number of hydrogen-bond donors (Lipinski definition) is 0. The van der Waals surface area contributed by atoms with E-state index in [1.165, 1.54) is 16.4 Å². The molecule has 1 atom stereocenters. The number of hydrogen-bond acceptors (Lipinski definition) is 3. The second-order valence-electron chi connectivity index (χ2n) is 6.56. The van der Waals surface area contributed by atoms with Crippen LogP contribution in [0, 0.1) is 11.7 Å². The van der Waals surface area contributed by atoms with E-state index >= 15 is 0 Å². The summed E-state index contributed by atoms with van der Waals surface area (Å²) in [7, 11) is -3.66. The molecule has 1 amide bonds. The van der Waals surface area contributed by atoms with Gasteiger partial charge in [0.05, 0.1) is 4.90 Å². The lowest BCUT2D eigenvalue weighted by atomic mass is 10.0. The molecule has 1 fully saturated rings. The number of halogens is 1. The third-order valence-electron chi connectivity index (χ3n) is 4.81. The van der Waals surface area contributed by atoms with Gasteiger partial charge in [0.1, 0.15) is 5.82 Å². The first-order valence-corrected chi connectivity index (χ1v) is 10.1. The molecule has 0 unspecified atom stereocenters. The molecular formula is C18H23FN2O3S. The summed E-state index contributed by atoms with van der Waals surface area (Å²) in [5.74, 6) is -0.0556. The first-order chi connectivity index (χ1) is 12.0. The third-order valence-corrected chi connectivity index (χ3v) is 6.72. The molecule has 0 radical (unpaired) electrons. The molecule has 25 heavy (non-hydrogen) atoms. The van der Waals surface area contributed by atoms with Gasteiger partial charge in [-0.25, -0.2) is 12.8 Å². The number of sulfonamides is 1. The summed E-state index contributed by atoms with van der Waals surface area (Å²) in [4.78, 5) is 14.3. The molecule has 0 aromatic heterocycles. The van der Waals surface area contributed by atoms with Gasteiger partial charge in [0, 0.05) is 32.6 Å². The number of allylic oxidation sites excluding steroid dienone is 2. The van der Waals surface area contributed by atoms with Gasteiger partial charge in [0.2, 0.25) is 15.9 Å². The Morgan fingerprint density at radius 3 is 2.56 bits per heavy atom. The molecule has 1 aromatic rings. The molecular weight excluding hydrogens is 343 g/mol. The molecule has 0 bridgehead atoms. The van der Waals surface area contributed by atoms with E-state index < -0.39 is 15.8 Å². The van der Waals surface area contributed by atoms with Crippen LogP contribution in [0.5, 0.6) is 0 Å². The molecule has 2 aliphatic rings. The molecule has 3 rings (SSSR count). The largest absolute Gasteiger partial charge is 0.341 e. The predicted octanol–water partition coefficient (Wildman–Crippen LogP) is 2.41. The first kappa shape index (κ1) is 18.1. The second kappa shape index (κ2) is 7.66. The zero-order chi connectivity index (χ0) is 17.9. The summed E-state index contributed by atoms with van der Waals surface area (Å²) in [6.07, 6.45) is 7.36. The normalized spacial score (nSPS) is 22.1. The minimum absolute atomic E-state index is 0.0877. The summed E-state index contributed by atoms with van der Waals surface area (Å²) in [5, 5.41) is 0. The standard InChI is InChI=1S/C18H23FN2O3S/c19-16-6-8-17(9-7-16)25(23,24)21-11-3-10-20(12-13-21)18(22)14-15-4-1-2-5-15/h1,4,6-9,15H,2-3,5,10-14H2/t15-/m0/s1. The summed E-state index contributed by atoms with van der Waals surface area (Å²) in [6, 6.07) is 4.86. The van der Waals surface area contributed by atoms with E-state index in [1.807, 2.05) is 0 Å². The van der Waals surface area contributed by atoms with Crippen molar-refractivity contribution in [1.82, 2.24) is 9.21 Å². The van der Waals surface area contributed by atoms with Gasteiger partial charge < -0.3 is 4.90 Å². The Bertz CT molecular complexity index is 746. The van der Waals surface area contributed by atoms with Crippen LogP contribution in [0.3, 0.4) is 0 Å². The predicted molar refractivity (Wildman–Crippen MR) is 92.8 cm³/mol. The van der Waals surface area contributed by atoms with Crippen LogP contribution in [0.25, 0.3) is 0 Å². The van der Waals surface area contributed by atoms with Gasteiger partial charge in [0.15, 0.2) is 0 Å². The van der Waals surface area contributed by atoms with E-state index in [-0.39, 0.29) is 17.3 Å². The van der Waals surface area contributed by atoms with Crippen molar-refractivity contribution in [3.8, 4) is 0 Å². The summed E-state index contributed by atoms with van der Waals surface area (Å²) < 4.78 is 39.8. The fourth-order valence-corrected chi connectivity index (χ4v) is 4.83. The Balaban J connectivity index is 1.63. The van der Waals surface area contributed by atoms with Gasteiger partial charge >= 0.3 is 0 Å². The van der Waals surface area contributed by atoms with E-state index in [1.54, 1.807) is 4.90 Å². The van der Waals surface area contributed by atoms with Crippen LogP contribution < -0.4 is 0 Å². The Hall–Kier alpha value is -1.73. The highest BCUT2D eigenvalue weighted by atomic mass is 32.2. The molecule has 1 aliphatic heterocycles. The molecule has 0 N–H and O–H groups in total. The van der Waals surface area contributed by atoms with Gasteiger partial charge in [0.25, 0.3) is 0 Å². The third kappa shape index (κ3) is 4.27. The number of nitrogens with zero attached hydrogens (tertiary/aromatic N) is 2. The van der Waals surface area contributed by atoms with Crippen molar-refractivity contribution in [2.75, 3.05) is 26.2 Å². The van der Waals surface area contributed by atoms with Gasteiger partial charge in [-0.2, -0.15) is 4.31 Å². The highest BCUT2D eigenvalue weighted by Gasteiger charge is 2.28. The highest BCUT2D eigenvalue weighted by Crippen LogP contribution is 2.22. The van der Waals surface area contributed by atoms with Crippen LogP contribution in [0.2, 0.25) is 0 Å². The molecule has 0 saturated carbocycles. The lowest BCUT2D eigenvalue weighted by Crippen LogP contribution is -2.37. The van der Waals surface area contributed by atoms with Crippen LogP contribution in [-0.4, -0.2) is 49.7 Å². The Morgan fingerprint density at radius 2 is 1.88 bits per heavy atom. The van der Waals surface area contributed by atoms with Gasteiger partial charge in [-0.1, -0.05) is 12.2 Å². The number of benzene rings is 1. The minimum Gasteiger partial charge on any atom is -0.341 e. The Morgan fingerprint density at radius 1 is 1.12 bits per heavy atom. The van der Waals surface area contributed by atoms with Crippen LogP contribution in [-0.2, 0) is 14.8 Å². The van der Waals surface area contributed by atoms with Crippen molar-refractivity contribution >= 4 is 15.9 Å². The van der Waals surface area contributed by atoms with Crippen molar-refractivity contribution in [1.29, 1.82) is 0 Å². The highest BCUT2D eigenvalue weighted by molar-refractivity contribution is 7.89. The molecule has 7 heteroatoms. The van der Waals surface area contributed by atoms with Crippen molar-refractivity contribution in [3.63, 3.8) is 0 Å². The van der Waals surface area contributed by atoms with E-state index in [2.05, 4.69) is 12.2 Å². The number of amides is 1. The fraction of sp³-hybridized carbons (Fsp3) is 0.500. The van der Waals surface area contributed by atoms with Crippen molar-refractivity contribution in [2.24, 2.45) is 5.92 Å². The van der Waals surface area contributed by atoms with Crippen LogP contribution in [0.15, 0.2) is 41.3 Å². The second-order valence-corrected chi connectivity index (χ2v) is 8.50. The van der Waals surface area contributed by atoms with Crippen molar-refractivity contribution in [3.05, 3.63) is 42.2 Å². The maximum atomic E-state index is 13.0. The van der Waals surface area contributed by atoms with E-state index in [0.29, 0.717) is 38.4 Å². The van der Waals surface area contributed by atoms with E-state index in [0.717, 1.165) is 25.0 Å². The van der Waals surface area contributed by atoms with Crippen LogP contribution in [0.1, 0.15) is 25.7 Å². The van der Waals surface area contributed by atoms with Crippen molar-refractivity contribution in [2.45, 2.75) is 30.6 Å². The van der Waals surface area contributed by atoms with Gasteiger partial charge in [-0.05, 0) is 49.4 Å². The van der Waals surface area contributed by atoms with Gasteiger partial charge in [-0.3, -0.25) is 4.79 Å². The molecule has 1 heterocycles. The average Bonchev–Trinajstić information content (AvgIpc) is 2.95. The molecule has 0 spiro atoms. The first-order valence-electron chi connectivity index (χ1n) is 8.67. The molecule has 136 valence electrons. The zero-order valence-electron chi connectivity index (χ0n) is 14.1. The molecule has 5 nitrogen and oxygen atoms in total. The molecule has 1 aliphatic carbocycles. The topological polar surface area (TPSA) is 57.7 Å². The lowest BCUT2D eigenvalue weighted by molar-refractivity contribution is -0.131. The quantitative estimate of drug-likeness (QED) is 0.769. The van der Waals surface area contributed by atoms with E-state index in [9.17, 15) is 17.6 Å². The summed E-state index contributed by atoms with van der Waals surface area (Å²) in [5.41, 5.74) is 0. The zero-order valence-corrected chi connectivity index (χ0v) is 14.9. The van der Waals surface area contributed by atoms with Gasteiger partial charge in [-0.15, -0.1) is 0 Å². The molecule has 1 saturated heterocycles. The fourth-order valence-electron chi connectivity index (χ4n) is 3.36. The van der Waals surface area contributed by atoms with E-state index in [4.69, 9.17) is 0 Å². The van der Waals surface area contributed by atoms with Crippen LogP contribution in [0.4, 0.5) is 4.39 Å². The van der Waals surface area contributed by atoms with Crippen molar-refractivity contribution < 1.29 is 17.6 Å². The minimum atomic E-state index is -3.66. The number of rotatable bonds is 4. The Labute approximate surface area is 148 Å². The summed E-state index contributed by atoms with van der Waals surface area (Å²) >= 11 is 0. The Kier molecular flexibility index (Phi) is 5.54. The number of carbonyl (C=O) groups is 1. The lowest BCUT2D eigenvalue weighted by Gasteiger charge is -2.23. The van der Waals surface area contributed by atoms with Crippen LogP contribution >= 0.6 is 0 Å². The smallest absolute Gasteiger partial charge is 0.243 e. The monoisotopic (exact) mass is 366 g/mol. The maximum Gasteiger partial charge on any atom is 0.243 e. The summed E-state index contributed by atoms with van der Waals surface area (Å²) in [6.45, 7) is 1.61. The average molecular weight is 366 g/mol.